The predicted molar refractivity (Wildman–Crippen MR) is 546 cm³/mol. The molecule has 707 valence electrons. The van der Waals surface area contributed by atoms with Gasteiger partial charge in [0.05, 0.1) is 56.4 Å². The molecule has 5 aromatic carbocycles. The Balaban J connectivity index is -0.00000146. The number of carbonyl (C=O) groups is 4. The van der Waals surface area contributed by atoms with E-state index < -0.39 is 35.9 Å². The van der Waals surface area contributed by atoms with E-state index in [0.717, 1.165) is 0 Å². The Morgan fingerprint density at radius 3 is 1.14 bits per heavy atom. The third-order valence-corrected chi connectivity index (χ3v) is 20.1. The van der Waals surface area contributed by atoms with Gasteiger partial charge in [-0.2, -0.15) is 13.2 Å². The Hall–Kier alpha value is -7.58. The number of benzene rings is 5. The van der Waals surface area contributed by atoms with Gasteiger partial charge in [0.15, 0.2) is 57.4 Å². The quantitative estimate of drug-likeness (QED) is 0.0208. The van der Waals surface area contributed by atoms with Crippen molar-refractivity contribution in [1.82, 2.24) is 65.8 Å². The summed E-state index contributed by atoms with van der Waals surface area (Å²) in [4.78, 5) is 85.2. The molecule has 30 nitrogen and oxygen atoms in total. The van der Waals surface area contributed by atoms with Gasteiger partial charge in [-0.3, -0.25) is 9.59 Å². The minimum atomic E-state index is -4.64. The number of aromatic nitrogens is 10. The first-order valence-electron chi connectivity index (χ1n) is 36.8. The van der Waals surface area contributed by atoms with Crippen molar-refractivity contribution in [1.29, 1.82) is 0 Å². The fourth-order valence-corrected chi connectivity index (χ4v) is 12.1. The average molecular weight is 2250 g/mol. The Morgan fingerprint density at radius 1 is 0.496 bits per heavy atom. The summed E-state index contributed by atoms with van der Waals surface area (Å²) in [6, 6.07) is 26.0. The molecule has 1 aliphatic rings. The van der Waals surface area contributed by atoms with E-state index in [1.54, 1.807) is 126 Å². The molecule has 0 spiro atoms. The van der Waals surface area contributed by atoms with Crippen molar-refractivity contribution in [3.8, 4) is 56.3 Å². The average Bonchev–Trinajstić information content (AvgIpc) is 1.77. The molecule has 50 heteroatoms. The Bertz CT molecular complexity index is 5330. The Kier molecular flexibility index (Phi) is 59.1. The van der Waals surface area contributed by atoms with Crippen LogP contribution in [0, 0.1) is 0 Å². The summed E-state index contributed by atoms with van der Waals surface area (Å²) in [5, 5.41) is 21.3. The molecule has 129 heavy (non-hydrogen) atoms. The van der Waals surface area contributed by atoms with E-state index in [9.17, 15) is 27.6 Å². The molecule has 10 aromatic rings. The van der Waals surface area contributed by atoms with Crippen molar-refractivity contribution >= 4 is 278 Å². The number of hydrogen-bond acceptors (Lipinski definition) is 28. The fraction of sp³-hybridized carbons (Fsp3) is 0.316. The summed E-state index contributed by atoms with van der Waals surface area (Å²) in [7, 11) is 4.34. The molecule has 0 fully saturated rings. The number of alkyl halides is 3. The van der Waals surface area contributed by atoms with E-state index in [2.05, 4.69) is 154 Å². The first kappa shape index (κ1) is 121. The first-order chi connectivity index (χ1) is 59.6. The number of rotatable bonds is 14. The molecule has 6 heterocycles. The number of amides is 3. The van der Waals surface area contributed by atoms with Crippen LogP contribution in [0.3, 0.4) is 0 Å². The van der Waals surface area contributed by atoms with Gasteiger partial charge in [0.2, 0.25) is 6.29 Å². The molecule has 20 N–H and O–H groups in total. The molecule has 0 saturated carbocycles. The van der Waals surface area contributed by atoms with Crippen LogP contribution in [0.4, 0.5) is 69.3 Å². The summed E-state index contributed by atoms with van der Waals surface area (Å²) in [6.07, 6.45) is -5.19. The number of nitrogen functional groups attached to an aromatic ring is 5. The SMILES string of the molecule is C.C.C.C.CC(C)(C)OC(=O)NCCN.CC(C)(C)OC(=O)NCCNc1nc(N)c(-c2cccc(Cl)c2Cl)nc1Br.NCCNc1nc(N)c(-c2cccc(Cl)c2Cl)nc1Br.Nc1nc(Cl)c(Br)nc1-c1cccc(Cl)c1Cl.Nc1nc(Cl)cnc1-c1cccc(Cl)c1Cl.Nc1nc2c(nc1-c1cccc(Cl)c1Cl)C(=O)NCCN2.O=CC(F)(F)F.[2H]CC.[2H]CC.[B]=NS. The number of ether oxygens (including phenoxy) is 2. The molecule has 0 unspecified atom stereocenters. The first-order valence-corrected chi connectivity index (χ1v) is 42.7. The molecule has 1 radical (unpaired) electrons. The van der Waals surface area contributed by atoms with Gasteiger partial charge < -0.3 is 81.5 Å². The number of nitrogens with two attached hydrogens (primary N) is 7. The van der Waals surface area contributed by atoms with Crippen LogP contribution in [0.15, 0.2) is 115 Å². The summed E-state index contributed by atoms with van der Waals surface area (Å²) in [5.74, 6) is 2.10. The molecule has 5 aromatic heterocycles. The number of fused-ring (bicyclic) bond motifs is 1. The number of thiol groups is 1. The number of alkyl carbamates (subject to hydrolysis) is 2. The van der Waals surface area contributed by atoms with E-state index in [4.69, 9.17) is 196 Å². The van der Waals surface area contributed by atoms with Crippen molar-refractivity contribution in [2.75, 3.05) is 97.0 Å². The van der Waals surface area contributed by atoms with Crippen LogP contribution >= 0.6 is 200 Å². The number of hydrogen-bond donors (Lipinski definition) is 14. The number of nitrogens with zero attached hydrogens (tertiary/aromatic N) is 11. The Labute approximate surface area is 843 Å². The predicted octanol–water partition coefficient (Wildman–Crippen LogP) is 24.2. The molecule has 0 saturated heterocycles. The van der Waals surface area contributed by atoms with Gasteiger partial charge >= 0.3 is 43.1 Å². The number of aldehydes is 1. The van der Waals surface area contributed by atoms with Crippen LogP contribution in [-0.2, 0) is 14.3 Å². The maximum atomic E-state index is 12.0. The van der Waals surface area contributed by atoms with Crippen LogP contribution in [0.2, 0.25) is 60.5 Å². The van der Waals surface area contributed by atoms with Gasteiger partial charge in [-0.05, 0) is 120 Å². The van der Waals surface area contributed by atoms with Crippen LogP contribution in [-0.4, -0.2) is 152 Å². The van der Waals surface area contributed by atoms with Gasteiger partial charge in [-0.1, -0.05) is 257 Å². The van der Waals surface area contributed by atoms with E-state index in [1.807, 2.05) is 20.8 Å². The van der Waals surface area contributed by atoms with Gasteiger partial charge in [-0.25, -0.2) is 59.4 Å². The number of anilines is 8. The van der Waals surface area contributed by atoms with Crippen molar-refractivity contribution in [2.45, 2.75) is 116 Å². The summed E-state index contributed by atoms with van der Waals surface area (Å²) in [5.41, 5.74) is 44.4. The number of nitrogens with one attached hydrogen (secondary N) is 6. The van der Waals surface area contributed by atoms with Crippen molar-refractivity contribution in [2.24, 2.45) is 15.8 Å². The van der Waals surface area contributed by atoms with Crippen LogP contribution < -0.4 is 72.0 Å². The van der Waals surface area contributed by atoms with Gasteiger partial charge in [0, 0.05) is 82.9 Å². The maximum absolute atomic E-state index is 12.0. The van der Waals surface area contributed by atoms with E-state index >= 15 is 0 Å². The number of carbonyl (C=O) groups excluding carboxylic acids is 4. The molecule has 0 bridgehead atoms. The third-order valence-electron chi connectivity index (χ3n) is 13.7. The van der Waals surface area contributed by atoms with Crippen molar-refractivity contribution in [3.05, 3.63) is 177 Å². The van der Waals surface area contributed by atoms with Crippen LogP contribution in [0.5, 0.6) is 0 Å². The second kappa shape index (κ2) is 62.8. The van der Waals surface area contributed by atoms with Crippen LogP contribution in [0.1, 0.15) is 112 Å². The van der Waals surface area contributed by atoms with Gasteiger partial charge in [0.25, 0.3) is 5.91 Å². The topological polar surface area (TPSA) is 482 Å². The monoisotopic (exact) mass is 2240 g/mol. The van der Waals surface area contributed by atoms with E-state index in [0.29, 0.717) is 204 Å². The molecular weight excluding hydrogens is 2150 g/mol. The van der Waals surface area contributed by atoms with Gasteiger partial charge in [0.1, 0.15) is 58.6 Å². The molecule has 11 rings (SSSR count). The summed E-state index contributed by atoms with van der Waals surface area (Å²) in [6.45, 7) is 19.2. The standard InChI is InChI=1S/C17H20BrCl2N5O2.C13H11Cl2N5O.C12H12BrCl2N5.C10H5BrCl3N3.C10H6Cl3N3.C7H16N2O2.C2HF3O.2C2H6.4CH4.BHNS/c1-17(2,3)27-16(26)23-8-7-22-15-13(18)24-12(14(21)25-15)9-5-4-6-10(19)11(9)20;14-7-3-1-2-6(8(7)15)9-11(16)20-12-10(19-9)13(21)18-5-4-17-12;13-10-12(18-5-4-16)20-11(17)9(19-10)6-2-1-3-7(14)8(6)15;11-8-9(14)17-10(15)7(16-8)4-2-1-3-5(12)6(4)13;11-6-3-1-2-5(8(6)13)9-10(14)16-7(12)4-15-9;1-7(2,3)11-6(10)9-5-4-8;3-2(4,5)1-6;2*1-2;;;;;1-2-3/h4-6H,7-8H2,1-3H3,(H,23,26)(H3,21,22,25);1-3H,4-5H2,(H,18,21)(H3,16,17,20);1-3H,4-5,16H2,(H3,17,18,20);1-3H,(H2,15,17);1-4H,(H2,14,16);4-5,8H2,1-3H3,(H,9,10);1H;2*1-2H3;4*1H4;3H/i;;;;;;;2*1D;;;;;. The minimum absolute atomic E-state index is 0. The summed E-state index contributed by atoms with van der Waals surface area (Å²) < 4.78 is 57.8. The molecule has 0 aliphatic carbocycles. The summed E-state index contributed by atoms with van der Waals surface area (Å²) >= 11 is 85.1. The second-order valence-corrected chi connectivity index (χ2v) is 32.2. The zero-order valence-corrected chi connectivity index (χ0v) is 81.8. The normalized spacial score (nSPS) is 10.8. The molecule has 0 atom stereocenters. The van der Waals surface area contributed by atoms with Crippen molar-refractivity contribution in [3.63, 3.8) is 0 Å². The van der Waals surface area contributed by atoms with Crippen LogP contribution in [0.25, 0.3) is 56.3 Å². The Morgan fingerprint density at radius 2 is 0.798 bits per heavy atom. The molecule has 3 amide bonds. The zero-order valence-electron chi connectivity index (χ0n) is 69.1. The second-order valence-electron chi connectivity index (χ2n) is 25.1. The van der Waals surface area contributed by atoms with E-state index in [1.165, 1.54) is 6.20 Å². The van der Waals surface area contributed by atoms with E-state index in [-0.39, 0.29) is 80.7 Å². The molecule has 1 aliphatic heterocycles. The van der Waals surface area contributed by atoms with Crippen molar-refractivity contribution < 1.29 is 44.6 Å². The van der Waals surface area contributed by atoms with Gasteiger partial charge in [-0.15, -0.1) is 0 Å². The fourth-order valence-electron chi connectivity index (χ4n) is 8.81. The third kappa shape index (κ3) is 42.9. The zero-order chi connectivity index (χ0) is 96.4. The molecular formula is C79H100BBr3Cl12F3N24O6S. The number of halogens is 18.